The topological polar surface area (TPSA) is 44.1 Å². The van der Waals surface area contributed by atoms with Crippen molar-refractivity contribution < 1.29 is 22.7 Å². The van der Waals surface area contributed by atoms with E-state index in [0.29, 0.717) is 12.0 Å². The number of carbonyl (C=O) groups excluding carboxylic acids is 1. The molecule has 1 heterocycles. The maximum absolute atomic E-state index is 12.9. The molecule has 0 aliphatic carbocycles. The monoisotopic (exact) mass is 284 g/mol. The van der Waals surface area contributed by atoms with Gasteiger partial charge in [-0.25, -0.2) is 0 Å². The predicted molar refractivity (Wildman–Crippen MR) is 64.4 cm³/mol. The summed E-state index contributed by atoms with van der Waals surface area (Å²) in [5, 5.41) is 4.01. The van der Waals surface area contributed by atoms with E-state index in [1.54, 1.807) is 19.3 Å². The second-order valence-electron chi connectivity index (χ2n) is 4.14. The van der Waals surface area contributed by atoms with Crippen LogP contribution in [0.4, 0.5) is 13.2 Å². The Bertz CT molecular complexity index is 620. The highest BCUT2D eigenvalue weighted by Gasteiger charge is 2.34. The van der Waals surface area contributed by atoms with Gasteiger partial charge in [0.25, 0.3) is 0 Å². The lowest BCUT2D eigenvalue weighted by Gasteiger charge is -2.13. The zero-order valence-corrected chi connectivity index (χ0v) is 10.5. The number of rotatable bonds is 4. The quantitative estimate of drug-likeness (QED) is 0.811. The van der Waals surface area contributed by atoms with E-state index in [1.165, 1.54) is 10.7 Å². The summed E-state index contributed by atoms with van der Waals surface area (Å²) in [4.78, 5) is 10.6. The minimum Gasteiger partial charge on any atom is -0.487 e. The average molecular weight is 284 g/mol. The van der Waals surface area contributed by atoms with Crippen molar-refractivity contribution in [3.8, 4) is 5.75 Å². The number of aromatic nitrogens is 2. The van der Waals surface area contributed by atoms with Gasteiger partial charge in [0.2, 0.25) is 0 Å². The zero-order chi connectivity index (χ0) is 14.8. The van der Waals surface area contributed by atoms with Crippen molar-refractivity contribution in [3.05, 3.63) is 47.3 Å². The van der Waals surface area contributed by atoms with Crippen molar-refractivity contribution in [2.75, 3.05) is 0 Å². The van der Waals surface area contributed by atoms with E-state index in [-0.39, 0.29) is 17.9 Å². The first kappa shape index (κ1) is 14.1. The van der Waals surface area contributed by atoms with E-state index in [9.17, 15) is 18.0 Å². The summed E-state index contributed by atoms with van der Waals surface area (Å²) >= 11 is 0. The van der Waals surface area contributed by atoms with Gasteiger partial charge in [-0.3, -0.25) is 9.48 Å². The molecule has 4 nitrogen and oxygen atoms in total. The van der Waals surface area contributed by atoms with Crippen LogP contribution >= 0.6 is 0 Å². The van der Waals surface area contributed by atoms with Crippen LogP contribution < -0.4 is 4.74 Å². The van der Waals surface area contributed by atoms with Crippen LogP contribution in [0.1, 0.15) is 21.6 Å². The molecule has 0 saturated heterocycles. The van der Waals surface area contributed by atoms with Gasteiger partial charge in [-0.15, -0.1) is 0 Å². The van der Waals surface area contributed by atoms with Gasteiger partial charge < -0.3 is 4.74 Å². The number of hydrogen-bond acceptors (Lipinski definition) is 3. The molecule has 7 heteroatoms. The first-order valence-corrected chi connectivity index (χ1v) is 5.68. The van der Waals surface area contributed by atoms with Gasteiger partial charge in [-0.05, 0) is 24.3 Å². The minimum absolute atomic E-state index is 0.0532. The lowest BCUT2D eigenvalue weighted by atomic mass is 10.1. The van der Waals surface area contributed by atoms with Crippen LogP contribution in [0, 0.1) is 0 Å². The first-order valence-electron chi connectivity index (χ1n) is 5.68. The molecule has 0 spiro atoms. The fraction of sp³-hybridized carbons (Fsp3) is 0.231. The zero-order valence-electron chi connectivity index (χ0n) is 10.5. The van der Waals surface area contributed by atoms with Crippen LogP contribution in [0.5, 0.6) is 5.75 Å². The summed E-state index contributed by atoms with van der Waals surface area (Å²) in [6.07, 6.45) is -2.56. The Labute approximate surface area is 112 Å². The molecule has 0 saturated carbocycles. The standard InChI is InChI=1S/C13H11F3N2O2/c1-18-5-4-10(17-18)8-20-12-3-2-9(7-19)6-11(12)13(14,15)16/h2-7H,8H2,1H3. The van der Waals surface area contributed by atoms with Gasteiger partial charge in [0.1, 0.15) is 18.6 Å². The normalized spacial score (nSPS) is 11.4. The molecule has 0 amide bonds. The van der Waals surface area contributed by atoms with Crippen LogP contribution in [-0.2, 0) is 19.8 Å². The van der Waals surface area contributed by atoms with Crippen LogP contribution in [-0.4, -0.2) is 16.1 Å². The molecule has 20 heavy (non-hydrogen) atoms. The summed E-state index contributed by atoms with van der Waals surface area (Å²) in [5.41, 5.74) is -0.513. The number of carbonyl (C=O) groups is 1. The lowest BCUT2D eigenvalue weighted by Crippen LogP contribution is -2.09. The third-order valence-electron chi connectivity index (χ3n) is 2.59. The van der Waals surface area contributed by atoms with Crippen LogP contribution in [0.2, 0.25) is 0 Å². The number of alkyl halides is 3. The summed E-state index contributed by atoms with van der Waals surface area (Å²) in [7, 11) is 1.70. The number of nitrogens with zero attached hydrogens (tertiary/aromatic N) is 2. The first-order chi connectivity index (χ1) is 9.40. The molecule has 2 rings (SSSR count). The van der Waals surface area contributed by atoms with Gasteiger partial charge in [0.15, 0.2) is 0 Å². The van der Waals surface area contributed by atoms with E-state index in [0.717, 1.165) is 12.1 Å². The number of ether oxygens (including phenoxy) is 1. The van der Waals surface area contributed by atoms with Gasteiger partial charge in [-0.2, -0.15) is 18.3 Å². The molecular formula is C13H11F3N2O2. The number of aryl methyl sites for hydroxylation is 1. The Hall–Kier alpha value is -2.31. The van der Waals surface area contributed by atoms with E-state index in [1.807, 2.05) is 0 Å². The molecule has 0 N–H and O–H groups in total. The molecule has 0 fully saturated rings. The third-order valence-corrected chi connectivity index (χ3v) is 2.59. The largest absolute Gasteiger partial charge is 0.487 e. The number of aldehydes is 1. The van der Waals surface area contributed by atoms with E-state index >= 15 is 0 Å². The molecule has 0 atom stereocenters. The molecular weight excluding hydrogens is 273 g/mol. The highest BCUT2D eigenvalue weighted by atomic mass is 19.4. The number of halogens is 3. The molecule has 106 valence electrons. The van der Waals surface area contributed by atoms with Gasteiger partial charge in [-0.1, -0.05) is 0 Å². The molecule has 2 aromatic rings. The van der Waals surface area contributed by atoms with Crippen molar-refractivity contribution in [1.29, 1.82) is 0 Å². The van der Waals surface area contributed by atoms with E-state index in [4.69, 9.17) is 4.74 Å². The highest BCUT2D eigenvalue weighted by Crippen LogP contribution is 2.36. The Morgan fingerprint density at radius 2 is 2.10 bits per heavy atom. The number of hydrogen-bond donors (Lipinski definition) is 0. The van der Waals surface area contributed by atoms with Crippen molar-refractivity contribution in [2.45, 2.75) is 12.8 Å². The molecule has 0 aliphatic heterocycles. The van der Waals surface area contributed by atoms with Crippen LogP contribution in [0.15, 0.2) is 30.5 Å². The van der Waals surface area contributed by atoms with Gasteiger partial charge in [0, 0.05) is 18.8 Å². The maximum Gasteiger partial charge on any atom is 0.419 e. The molecule has 0 radical (unpaired) electrons. The molecule has 0 aliphatic rings. The summed E-state index contributed by atoms with van der Waals surface area (Å²) in [6, 6.07) is 4.82. The second-order valence-corrected chi connectivity index (χ2v) is 4.14. The van der Waals surface area contributed by atoms with Gasteiger partial charge in [0.05, 0.1) is 11.3 Å². The van der Waals surface area contributed by atoms with Gasteiger partial charge >= 0.3 is 6.18 Å². The molecule has 0 bridgehead atoms. The Kier molecular flexibility index (Phi) is 3.78. The second kappa shape index (κ2) is 5.36. The van der Waals surface area contributed by atoms with E-state index < -0.39 is 11.7 Å². The van der Waals surface area contributed by atoms with Crippen molar-refractivity contribution in [2.24, 2.45) is 7.05 Å². The van der Waals surface area contributed by atoms with Crippen molar-refractivity contribution in [3.63, 3.8) is 0 Å². The van der Waals surface area contributed by atoms with Crippen molar-refractivity contribution in [1.82, 2.24) is 9.78 Å². The van der Waals surface area contributed by atoms with Crippen LogP contribution in [0.3, 0.4) is 0 Å². The molecule has 1 aromatic heterocycles. The summed E-state index contributed by atoms with van der Waals surface area (Å²) in [5.74, 6) is -0.325. The van der Waals surface area contributed by atoms with Crippen LogP contribution in [0.25, 0.3) is 0 Å². The SMILES string of the molecule is Cn1ccc(COc2ccc(C=O)cc2C(F)(F)F)n1. The number of benzene rings is 1. The fourth-order valence-electron chi connectivity index (χ4n) is 1.66. The smallest absolute Gasteiger partial charge is 0.419 e. The maximum atomic E-state index is 12.9. The molecule has 1 aromatic carbocycles. The summed E-state index contributed by atoms with van der Waals surface area (Å²) in [6.45, 7) is -0.0790. The highest BCUT2D eigenvalue weighted by molar-refractivity contribution is 5.75. The Morgan fingerprint density at radius 3 is 2.65 bits per heavy atom. The lowest BCUT2D eigenvalue weighted by molar-refractivity contribution is -0.139. The summed E-state index contributed by atoms with van der Waals surface area (Å²) < 4.78 is 45.3. The average Bonchev–Trinajstić information content (AvgIpc) is 2.81. The molecule has 0 unspecified atom stereocenters. The Balaban J connectivity index is 2.24. The minimum atomic E-state index is -4.58. The fourth-order valence-corrected chi connectivity index (χ4v) is 1.66. The predicted octanol–water partition coefficient (Wildman–Crippen LogP) is 2.83. The Morgan fingerprint density at radius 1 is 1.35 bits per heavy atom. The third kappa shape index (κ3) is 3.17. The van der Waals surface area contributed by atoms with Crippen molar-refractivity contribution >= 4 is 6.29 Å². The van der Waals surface area contributed by atoms with E-state index in [2.05, 4.69) is 5.10 Å².